The van der Waals surface area contributed by atoms with Crippen molar-refractivity contribution in [1.29, 1.82) is 0 Å². The molecule has 0 saturated heterocycles. The minimum atomic E-state index is -0.376. The molecule has 0 fully saturated rings. The zero-order valence-corrected chi connectivity index (χ0v) is 11.9. The van der Waals surface area contributed by atoms with Gasteiger partial charge in [0.05, 0.1) is 19.8 Å². The molecule has 0 heterocycles. The van der Waals surface area contributed by atoms with Crippen LogP contribution in [0.25, 0.3) is 0 Å². The van der Waals surface area contributed by atoms with Crippen LogP contribution in [0.5, 0.6) is 0 Å². The minimum absolute atomic E-state index is 0.192. The smallest absolute Gasteiger partial charge is 0.238 e. The molecule has 1 rings (SSSR count). The van der Waals surface area contributed by atoms with Crippen molar-refractivity contribution in [3.8, 4) is 0 Å². The molecule has 0 atom stereocenters. The van der Waals surface area contributed by atoms with Crippen molar-refractivity contribution in [2.75, 3.05) is 52.4 Å². The van der Waals surface area contributed by atoms with Crippen molar-refractivity contribution in [3.05, 3.63) is 30.1 Å². The molecule has 0 unspecified atom stereocenters. The van der Waals surface area contributed by atoms with E-state index in [4.69, 9.17) is 9.47 Å². The average Bonchev–Trinajstić information content (AvgIpc) is 2.41. The zero-order chi connectivity index (χ0) is 14.8. The second kappa shape index (κ2) is 9.41. The van der Waals surface area contributed by atoms with Crippen molar-refractivity contribution >= 4 is 11.6 Å². The molecule has 0 aliphatic heterocycles. The van der Waals surface area contributed by atoms with Crippen LogP contribution >= 0.6 is 0 Å². The highest BCUT2D eigenvalue weighted by Crippen LogP contribution is 2.08. The second-order valence-electron chi connectivity index (χ2n) is 4.32. The highest BCUT2D eigenvalue weighted by molar-refractivity contribution is 5.92. The Morgan fingerprint density at radius 2 is 1.90 bits per heavy atom. The molecule has 0 aliphatic rings. The van der Waals surface area contributed by atoms with E-state index in [0.29, 0.717) is 32.0 Å². The van der Waals surface area contributed by atoms with Gasteiger partial charge < -0.3 is 14.8 Å². The fourth-order valence-electron chi connectivity index (χ4n) is 1.68. The Labute approximate surface area is 118 Å². The Balaban J connectivity index is 2.47. The van der Waals surface area contributed by atoms with Crippen LogP contribution in [0.4, 0.5) is 10.1 Å². The Morgan fingerprint density at radius 1 is 1.25 bits per heavy atom. The van der Waals surface area contributed by atoms with Crippen molar-refractivity contribution < 1.29 is 18.7 Å². The first kappa shape index (κ1) is 16.6. The number of hydrogen-bond acceptors (Lipinski definition) is 4. The van der Waals surface area contributed by atoms with Gasteiger partial charge in [-0.05, 0) is 18.2 Å². The fourth-order valence-corrected chi connectivity index (χ4v) is 1.68. The maximum atomic E-state index is 13.0. The van der Waals surface area contributed by atoms with Gasteiger partial charge in [-0.15, -0.1) is 0 Å². The number of hydrogen-bond donors (Lipinski definition) is 1. The summed E-state index contributed by atoms with van der Waals surface area (Å²) in [6, 6.07) is 5.82. The van der Waals surface area contributed by atoms with Crippen molar-refractivity contribution in [2.45, 2.75) is 0 Å². The van der Waals surface area contributed by atoms with Gasteiger partial charge in [-0.2, -0.15) is 0 Å². The van der Waals surface area contributed by atoms with Crippen LogP contribution < -0.4 is 5.32 Å². The predicted octanol–water partition coefficient (Wildman–Crippen LogP) is 1.36. The van der Waals surface area contributed by atoms with Gasteiger partial charge in [-0.25, -0.2) is 4.39 Å². The van der Waals surface area contributed by atoms with Crippen molar-refractivity contribution in [1.82, 2.24) is 4.90 Å². The fraction of sp³-hybridized carbons (Fsp3) is 0.500. The third-order valence-corrected chi connectivity index (χ3v) is 2.70. The van der Waals surface area contributed by atoms with E-state index in [1.165, 1.54) is 12.1 Å². The van der Waals surface area contributed by atoms with Gasteiger partial charge in [-0.3, -0.25) is 9.69 Å². The maximum Gasteiger partial charge on any atom is 0.238 e. The van der Waals surface area contributed by atoms with Crippen molar-refractivity contribution in [3.63, 3.8) is 0 Å². The van der Waals surface area contributed by atoms with E-state index in [-0.39, 0.29) is 18.3 Å². The van der Waals surface area contributed by atoms with E-state index in [2.05, 4.69) is 5.32 Å². The number of halogens is 1. The summed E-state index contributed by atoms with van der Waals surface area (Å²) in [5, 5.41) is 2.66. The second-order valence-corrected chi connectivity index (χ2v) is 4.32. The molecule has 112 valence electrons. The number of rotatable bonds is 9. The van der Waals surface area contributed by atoms with Gasteiger partial charge in [0, 0.05) is 33.0 Å². The van der Waals surface area contributed by atoms with E-state index in [1.807, 2.05) is 4.90 Å². The molecule has 1 aromatic carbocycles. The molecule has 0 saturated carbocycles. The molecule has 20 heavy (non-hydrogen) atoms. The molecule has 0 spiro atoms. The normalized spacial score (nSPS) is 10.8. The lowest BCUT2D eigenvalue weighted by Crippen LogP contribution is -2.37. The van der Waals surface area contributed by atoms with Crippen LogP contribution in [0.2, 0.25) is 0 Å². The summed E-state index contributed by atoms with van der Waals surface area (Å²) in [5.74, 6) is -0.568. The lowest BCUT2D eigenvalue weighted by molar-refractivity contribution is -0.117. The van der Waals surface area contributed by atoms with Gasteiger partial charge in [-0.1, -0.05) is 6.07 Å². The third-order valence-electron chi connectivity index (χ3n) is 2.70. The summed E-state index contributed by atoms with van der Waals surface area (Å²) in [6.45, 7) is 2.56. The molecule has 0 bridgehead atoms. The van der Waals surface area contributed by atoms with Crippen LogP contribution in [0.1, 0.15) is 0 Å². The van der Waals surface area contributed by atoms with Crippen LogP contribution in [-0.4, -0.2) is 57.9 Å². The zero-order valence-electron chi connectivity index (χ0n) is 11.9. The molecule has 6 heteroatoms. The minimum Gasteiger partial charge on any atom is -0.383 e. The van der Waals surface area contributed by atoms with E-state index in [0.717, 1.165) is 0 Å². The number of methoxy groups -OCH3 is 2. The summed E-state index contributed by atoms with van der Waals surface area (Å²) in [5.41, 5.74) is 0.452. The number of ether oxygens (including phenoxy) is 2. The number of nitrogens with one attached hydrogen (secondary N) is 1. The van der Waals surface area contributed by atoms with Crippen LogP contribution in [0.15, 0.2) is 24.3 Å². The Kier molecular flexibility index (Phi) is 7.79. The SMILES string of the molecule is COCCN(CCOC)CC(=O)Nc1cccc(F)c1. The number of anilines is 1. The molecular weight excluding hydrogens is 263 g/mol. The highest BCUT2D eigenvalue weighted by atomic mass is 19.1. The monoisotopic (exact) mass is 284 g/mol. The number of amides is 1. The first-order valence-corrected chi connectivity index (χ1v) is 6.41. The molecule has 0 aromatic heterocycles. The van der Waals surface area contributed by atoms with Crippen LogP contribution in [0.3, 0.4) is 0 Å². The molecular formula is C14H21FN2O3. The summed E-state index contributed by atoms with van der Waals surface area (Å²) >= 11 is 0. The number of carbonyl (C=O) groups excluding carboxylic acids is 1. The molecule has 5 nitrogen and oxygen atoms in total. The van der Waals surface area contributed by atoms with E-state index >= 15 is 0 Å². The summed E-state index contributed by atoms with van der Waals surface area (Å²) in [4.78, 5) is 13.8. The highest BCUT2D eigenvalue weighted by Gasteiger charge is 2.10. The Hall–Kier alpha value is -1.50. The topological polar surface area (TPSA) is 50.8 Å². The van der Waals surface area contributed by atoms with Gasteiger partial charge in [0.2, 0.25) is 5.91 Å². The van der Waals surface area contributed by atoms with E-state index in [9.17, 15) is 9.18 Å². The first-order valence-electron chi connectivity index (χ1n) is 6.41. The number of nitrogens with zero attached hydrogens (tertiary/aromatic N) is 1. The molecule has 0 radical (unpaired) electrons. The molecule has 0 aliphatic carbocycles. The third kappa shape index (κ3) is 6.60. The van der Waals surface area contributed by atoms with Crippen LogP contribution in [-0.2, 0) is 14.3 Å². The average molecular weight is 284 g/mol. The van der Waals surface area contributed by atoms with Crippen molar-refractivity contribution in [2.24, 2.45) is 0 Å². The van der Waals surface area contributed by atoms with E-state index < -0.39 is 0 Å². The number of carbonyl (C=O) groups is 1. The predicted molar refractivity (Wildman–Crippen MR) is 75.2 cm³/mol. The van der Waals surface area contributed by atoms with Gasteiger partial charge in [0.1, 0.15) is 5.82 Å². The van der Waals surface area contributed by atoms with E-state index in [1.54, 1.807) is 26.4 Å². The lowest BCUT2D eigenvalue weighted by atomic mass is 10.3. The van der Waals surface area contributed by atoms with Gasteiger partial charge in [0.15, 0.2) is 0 Å². The quantitative estimate of drug-likeness (QED) is 0.744. The summed E-state index contributed by atoms with van der Waals surface area (Å²) in [6.07, 6.45) is 0. The van der Waals surface area contributed by atoms with Crippen LogP contribution in [0, 0.1) is 5.82 Å². The molecule has 1 N–H and O–H groups in total. The van der Waals surface area contributed by atoms with Gasteiger partial charge in [0.25, 0.3) is 0 Å². The standard InChI is InChI=1S/C14H21FN2O3/c1-19-8-6-17(7-9-20-2)11-14(18)16-13-5-3-4-12(15)10-13/h3-5,10H,6-9,11H2,1-2H3,(H,16,18). The Bertz CT molecular complexity index is 407. The maximum absolute atomic E-state index is 13.0. The Morgan fingerprint density at radius 3 is 2.45 bits per heavy atom. The van der Waals surface area contributed by atoms with Gasteiger partial charge >= 0.3 is 0 Å². The molecule has 1 amide bonds. The summed E-state index contributed by atoms with van der Waals surface area (Å²) in [7, 11) is 3.22. The summed E-state index contributed by atoms with van der Waals surface area (Å²) < 4.78 is 23.0. The lowest BCUT2D eigenvalue weighted by Gasteiger charge is -2.20. The first-order chi connectivity index (χ1) is 9.65. The molecule has 1 aromatic rings. The number of benzene rings is 1. The largest absolute Gasteiger partial charge is 0.383 e.